The first-order valence-electron chi connectivity index (χ1n) is 7.90. The Labute approximate surface area is 154 Å². The summed E-state index contributed by atoms with van der Waals surface area (Å²) in [5, 5.41) is 3.20. The minimum atomic E-state index is -0.556. The van der Waals surface area contributed by atoms with Crippen LogP contribution in [0.5, 0.6) is 0 Å². The summed E-state index contributed by atoms with van der Waals surface area (Å²) in [5.74, 6) is 0.334. The molecule has 1 N–H and O–H groups in total. The topological polar surface area (TPSA) is 59.3 Å². The van der Waals surface area contributed by atoms with Crippen LogP contribution in [0.3, 0.4) is 0 Å². The molecular weight excluding hydrogens is 382 g/mol. The van der Waals surface area contributed by atoms with Crippen molar-refractivity contribution in [3.05, 3.63) is 63.2 Å². The van der Waals surface area contributed by atoms with Crippen LogP contribution in [-0.4, -0.2) is 5.91 Å². The van der Waals surface area contributed by atoms with Crippen LogP contribution in [0.4, 0.5) is 5.69 Å². The Hall–Kier alpha value is -2.40. The van der Waals surface area contributed by atoms with Gasteiger partial charge in [0.05, 0.1) is 11.1 Å². The van der Waals surface area contributed by atoms with Gasteiger partial charge in [0.25, 0.3) is 0 Å². The molecular formula is C20H18BrNO3. The first kappa shape index (κ1) is 17.4. The minimum Gasteiger partial charge on any atom is -0.456 e. The molecule has 0 saturated carbocycles. The van der Waals surface area contributed by atoms with E-state index in [9.17, 15) is 9.59 Å². The molecule has 1 amide bonds. The number of fused-ring (bicyclic) bond motifs is 1. The molecule has 0 radical (unpaired) electrons. The predicted octanol–water partition coefficient (Wildman–Crippen LogP) is 5.21. The molecule has 0 unspecified atom stereocenters. The zero-order valence-corrected chi connectivity index (χ0v) is 15.8. The minimum absolute atomic E-state index is 0.156. The number of hydrogen-bond acceptors (Lipinski definition) is 3. The highest BCUT2D eigenvalue weighted by molar-refractivity contribution is 9.10. The summed E-state index contributed by atoms with van der Waals surface area (Å²) in [6, 6.07) is 14.2. The summed E-state index contributed by atoms with van der Waals surface area (Å²) in [6.07, 6.45) is 0. The average Bonchev–Trinajstić information content (AvgIpc) is 2.54. The molecule has 2 aromatic carbocycles. The number of rotatable bonds is 2. The van der Waals surface area contributed by atoms with Gasteiger partial charge in [-0.15, -0.1) is 0 Å². The Morgan fingerprint density at radius 2 is 1.76 bits per heavy atom. The van der Waals surface area contributed by atoms with Crippen molar-refractivity contribution in [2.45, 2.75) is 20.8 Å². The van der Waals surface area contributed by atoms with Gasteiger partial charge in [-0.3, -0.25) is 9.59 Å². The molecule has 5 heteroatoms. The van der Waals surface area contributed by atoms with Crippen LogP contribution in [0.15, 0.2) is 62.2 Å². The molecule has 3 aromatic rings. The summed E-state index contributed by atoms with van der Waals surface area (Å²) in [6.45, 7) is 5.46. The molecule has 0 saturated heterocycles. The van der Waals surface area contributed by atoms with Gasteiger partial charge in [0.1, 0.15) is 11.3 Å². The molecule has 0 spiro atoms. The Bertz CT molecular complexity index is 998. The highest BCUT2D eigenvalue weighted by atomic mass is 79.9. The zero-order chi connectivity index (χ0) is 18.2. The number of carbonyl (C=O) groups excluding carboxylic acids is 1. The number of nitrogens with one attached hydrogen (secondary N) is 1. The van der Waals surface area contributed by atoms with Crippen molar-refractivity contribution in [1.82, 2.24) is 0 Å². The standard InChI is InChI=1S/C20H18BrNO3/c1-20(2,3)19(24)22-14-5-4-6-16-18(14)15(23)11-17(25-16)12-7-9-13(21)10-8-12/h4-11H,1-3H3,(H,22,24). The Balaban J connectivity index is 2.10. The zero-order valence-electron chi connectivity index (χ0n) is 14.2. The summed E-state index contributed by atoms with van der Waals surface area (Å²) in [7, 11) is 0. The lowest BCUT2D eigenvalue weighted by Gasteiger charge is -2.18. The van der Waals surface area contributed by atoms with Crippen molar-refractivity contribution >= 4 is 38.5 Å². The van der Waals surface area contributed by atoms with Gasteiger partial charge in [-0.05, 0) is 24.3 Å². The molecule has 3 rings (SSSR count). The monoisotopic (exact) mass is 399 g/mol. The van der Waals surface area contributed by atoms with Gasteiger partial charge in [-0.1, -0.05) is 54.9 Å². The van der Waals surface area contributed by atoms with E-state index in [-0.39, 0.29) is 11.3 Å². The fraction of sp³-hybridized carbons (Fsp3) is 0.200. The van der Waals surface area contributed by atoms with Gasteiger partial charge in [0.15, 0.2) is 5.43 Å². The van der Waals surface area contributed by atoms with Gasteiger partial charge < -0.3 is 9.73 Å². The summed E-state index contributed by atoms with van der Waals surface area (Å²) in [4.78, 5) is 24.9. The largest absolute Gasteiger partial charge is 0.456 e. The van der Waals surface area contributed by atoms with Crippen molar-refractivity contribution in [2.75, 3.05) is 5.32 Å². The van der Waals surface area contributed by atoms with E-state index in [1.54, 1.807) is 18.2 Å². The number of amides is 1. The fourth-order valence-corrected chi connectivity index (χ4v) is 2.64. The quantitative estimate of drug-likeness (QED) is 0.643. The van der Waals surface area contributed by atoms with E-state index in [4.69, 9.17) is 4.42 Å². The SMILES string of the molecule is CC(C)(C)C(=O)Nc1cccc2oc(-c3ccc(Br)cc3)cc(=O)c12. The van der Waals surface area contributed by atoms with Crippen LogP contribution in [0, 0.1) is 5.41 Å². The highest BCUT2D eigenvalue weighted by Gasteiger charge is 2.22. The molecule has 0 aliphatic heterocycles. The van der Waals surface area contributed by atoms with Gasteiger partial charge in [-0.25, -0.2) is 0 Å². The Morgan fingerprint density at radius 3 is 2.40 bits per heavy atom. The van der Waals surface area contributed by atoms with Crippen LogP contribution >= 0.6 is 15.9 Å². The maximum atomic E-state index is 12.7. The van der Waals surface area contributed by atoms with Gasteiger partial charge in [0, 0.05) is 21.5 Å². The third kappa shape index (κ3) is 3.66. The third-order valence-electron chi connectivity index (χ3n) is 3.81. The predicted molar refractivity (Wildman–Crippen MR) is 104 cm³/mol. The molecule has 1 heterocycles. The molecule has 1 aromatic heterocycles. The van der Waals surface area contributed by atoms with E-state index in [1.165, 1.54) is 6.07 Å². The molecule has 128 valence electrons. The van der Waals surface area contributed by atoms with Gasteiger partial charge >= 0.3 is 0 Å². The second-order valence-electron chi connectivity index (χ2n) is 6.86. The Kier molecular flexibility index (Phi) is 4.52. The first-order valence-corrected chi connectivity index (χ1v) is 8.69. The lowest BCUT2D eigenvalue weighted by molar-refractivity contribution is -0.123. The summed E-state index contributed by atoms with van der Waals surface area (Å²) in [5.41, 5.74) is 0.973. The van der Waals surface area contributed by atoms with Crippen molar-refractivity contribution in [2.24, 2.45) is 5.41 Å². The van der Waals surface area contributed by atoms with E-state index >= 15 is 0 Å². The first-order chi connectivity index (χ1) is 11.8. The lowest BCUT2D eigenvalue weighted by Crippen LogP contribution is -2.28. The fourth-order valence-electron chi connectivity index (χ4n) is 2.38. The van der Waals surface area contributed by atoms with Crippen LogP contribution < -0.4 is 10.7 Å². The summed E-state index contributed by atoms with van der Waals surface area (Å²) < 4.78 is 6.86. The smallest absolute Gasteiger partial charge is 0.229 e. The van der Waals surface area contributed by atoms with Crippen LogP contribution in [-0.2, 0) is 4.79 Å². The molecule has 0 bridgehead atoms. The molecule has 0 aliphatic rings. The number of hydrogen-bond donors (Lipinski definition) is 1. The average molecular weight is 400 g/mol. The van der Waals surface area contributed by atoms with E-state index in [0.717, 1.165) is 10.0 Å². The molecule has 0 aliphatic carbocycles. The third-order valence-corrected chi connectivity index (χ3v) is 4.34. The maximum absolute atomic E-state index is 12.7. The molecule has 4 nitrogen and oxygen atoms in total. The van der Waals surface area contributed by atoms with Gasteiger partial charge in [-0.2, -0.15) is 0 Å². The van der Waals surface area contributed by atoms with E-state index in [2.05, 4.69) is 21.2 Å². The van der Waals surface area contributed by atoms with E-state index in [0.29, 0.717) is 22.4 Å². The van der Waals surface area contributed by atoms with E-state index < -0.39 is 5.41 Å². The number of benzene rings is 2. The van der Waals surface area contributed by atoms with Crippen molar-refractivity contribution in [1.29, 1.82) is 0 Å². The maximum Gasteiger partial charge on any atom is 0.229 e. The number of halogens is 1. The molecule has 25 heavy (non-hydrogen) atoms. The highest BCUT2D eigenvalue weighted by Crippen LogP contribution is 2.28. The number of anilines is 1. The van der Waals surface area contributed by atoms with E-state index in [1.807, 2.05) is 45.0 Å². The Morgan fingerprint density at radius 1 is 1.08 bits per heavy atom. The summed E-state index contributed by atoms with van der Waals surface area (Å²) >= 11 is 3.39. The lowest BCUT2D eigenvalue weighted by atomic mass is 9.95. The molecule has 0 atom stereocenters. The second-order valence-corrected chi connectivity index (χ2v) is 7.78. The van der Waals surface area contributed by atoms with Crippen molar-refractivity contribution < 1.29 is 9.21 Å². The normalized spacial score (nSPS) is 11.5. The van der Waals surface area contributed by atoms with Gasteiger partial charge in [0.2, 0.25) is 5.91 Å². The van der Waals surface area contributed by atoms with Crippen LogP contribution in [0.1, 0.15) is 20.8 Å². The second kappa shape index (κ2) is 6.48. The van der Waals surface area contributed by atoms with Crippen LogP contribution in [0.2, 0.25) is 0 Å². The number of carbonyl (C=O) groups is 1. The van der Waals surface area contributed by atoms with Crippen molar-refractivity contribution in [3.8, 4) is 11.3 Å². The van der Waals surface area contributed by atoms with Crippen molar-refractivity contribution in [3.63, 3.8) is 0 Å². The van der Waals surface area contributed by atoms with Crippen LogP contribution in [0.25, 0.3) is 22.3 Å². The molecule has 0 fully saturated rings.